The molecular weight excluding hydrogens is 808 g/mol. The molecule has 2 aromatic heterocycles. The molecule has 3 aliphatic heterocycles. The number of nitrogens with zero attached hydrogens (tertiary/aromatic N) is 9. The SMILES string of the molecule is CC(C)N(C(C)C)P(OCCC#N)OC[C@H]1OC2(n3c(N=CN(C)C)nc4c(=O)[nH]c(N=CN(C)C)nc43)CC1(OC1(c3ccccc3)c3ccccc3Oc3ccccc31)C2. The quantitative estimate of drug-likeness (QED) is 0.0423. The Hall–Kier alpha value is -5.53. The second kappa shape index (κ2) is 17.3. The molecule has 1 unspecified atom stereocenters. The van der Waals surface area contributed by atoms with Gasteiger partial charge in [-0.15, -0.1) is 0 Å². The van der Waals surface area contributed by atoms with Gasteiger partial charge in [0.05, 0.1) is 38.4 Å². The van der Waals surface area contributed by atoms with Crippen molar-refractivity contribution in [3.05, 3.63) is 106 Å². The van der Waals surface area contributed by atoms with Crippen molar-refractivity contribution in [1.29, 1.82) is 5.26 Å². The number of fused-ring (bicyclic) bond motifs is 4. The molecule has 324 valence electrons. The fourth-order valence-corrected chi connectivity index (χ4v) is 10.4. The Kier molecular flexibility index (Phi) is 12.1. The monoisotopic (exact) mass is 860 g/mol. The molecule has 5 aromatic rings. The molecule has 1 aliphatic carbocycles. The molecular formula is C45H53N10O6P. The molecule has 1 saturated carbocycles. The van der Waals surface area contributed by atoms with Gasteiger partial charge in [0.25, 0.3) is 14.1 Å². The molecule has 62 heavy (non-hydrogen) atoms. The van der Waals surface area contributed by atoms with Gasteiger partial charge < -0.3 is 33.1 Å². The van der Waals surface area contributed by atoms with Gasteiger partial charge in [-0.1, -0.05) is 66.7 Å². The van der Waals surface area contributed by atoms with Crippen molar-refractivity contribution in [2.75, 3.05) is 41.4 Å². The van der Waals surface area contributed by atoms with Crippen molar-refractivity contribution in [3.8, 4) is 17.6 Å². The number of rotatable bonds is 17. The van der Waals surface area contributed by atoms with E-state index in [0.717, 1.165) is 16.7 Å². The minimum absolute atomic E-state index is 0.0793. The molecule has 3 fully saturated rings. The first kappa shape index (κ1) is 43.1. The maximum atomic E-state index is 13.7. The summed E-state index contributed by atoms with van der Waals surface area (Å²) in [5, 5.41) is 9.42. The number of aromatic amines is 1. The number of ether oxygens (including phenoxy) is 3. The summed E-state index contributed by atoms with van der Waals surface area (Å²) in [7, 11) is 5.74. The number of aromatic nitrogens is 4. The van der Waals surface area contributed by atoms with Crippen LogP contribution in [0.2, 0.25) is 0 Å². The van der Waals surface area contributed by atoms with Crippen molar-refractivity contribution in [3.63, 3.8) is 0 Å². The maximum absolute atomic E-state index is 13.7. The van der Waals surface area contributed by atoms with E-state index in [2.05, 4.69) is 72.7 Å². The van der Waals surface area contributed by atoms with Gasteiger partial charge in [0.2, 0.25) is 11.9 Å². The molecule has 1 N–H and O–H groups in total. The molecule has 2 bridgehead atoms. The van der Waals surface area contributed by atoms with Gasteiger partial charge in [0.15, 0.2) is 22.5 Å². The molecule has 17 heteroatoms. The molecule has 0 radical (unpaired) electrons. The number of hydrogen-bond donors (Lipinski definition) is 1. The smallest absolute Gasteiger partial charge is 0.280 e. The van der Waals surface area contributed by atoms with Crippen molar-refractivity contribution in [2.24, 2.45) is 9.98 Å². The van der Waals surface area contributed by atoms with Crippen molar-refractivity contribution < 1.29 is 23.3 Å². The van der Waals surface area contributed by atoms with Gasteiger partial charge in [0.1, 0.15) is 23.2 Å². The lowest BCUT2D eigenvalue weighted by Gasteiger charge is -2.52. The lowest BCUT2D eigenvalue weighted by molar-refractivity contribution is -0.185. The van der Waals surface area contributed by atoms with E-state index in [1.54, 1.807) is 22.5 Å². The highest BCUT2D eigenvalue weighted by molar-refractivity contribution is 7.44. The summed E-state index contributed by atoms with van der Waals surface area (Å²) in [5.41, 5.74) is -0.785. The average molecular weight is 861 g/mol. The Labute approximate surface area is 362 Å². The fourth-order valence-electron chi connectivity index (χ4n) is 8.77. The van der Waals surface area contributed by atoms with Crippen LogP contribution in [-0.2, 0) is 29.8 Å². The lowest BCUT2D eigenvalue weighted by Crippen LogP contribution is -2.58. The highest BCUT2D eigenvalue weighted by Gasteiger charge is 2.73. The van der Waals surface area contributed by atoms with E-state index >= 15 is 0 Å². The van der Waals surface area contributed by atoms with E-state index in [4.69, 9.17) is 38.2 Å². The van der Waals surface area contributed by atoms with Crippen LogP contribution < -0.4 is 10.3 Å². The van der Waals surface area contributed by atoms with E-state index in [0.29, 0.717) is 24.3 Å². The van der Waals surface area contributed by atoms with Crippen LogP contribution in [0.15, 0.2) is 93.6 Å². The number of benzene rings is 3. The third kappa shape index (κ3) is 7.78. The summed E-state index contributed by atoms with van der Waals surface area (Å²) in [4.78, 5) is 38.8. The van der Waals surface area contributed by atoms with Gasteiger partial charge in [-0.25, -0.2) is 19.6 Å². The summed E-state index contributed by atoms with van der Waals surface area (Å²) >= 11 is 0. The van der Waals surface area contributed by atoms with E-state index in [9.17, 15) is 10.1 Å². The first-order valence-electron chi connectivity index (χ1n) is 20.8. The molecule has 0 amide bonds. The average Bonchev–Trinajstić information content (AvgIpc) is 3.86. The molecule has 2 saturated heterocycles. The van der Waals surface area contributed by atoms with Crippen molar-refractivity contribution in [2.45, 2.75) is 82.1 Å². The zero-order valence-electron chi connectivity index (χ0n) is 36.3. The van der Waals surface area contributed by atoms with Gasteiger partial charge >= 0.3 is 0 Å². The number of para-hydroxylation sites is 2. The zero-order valence-corrected chi connectivity index (χ0v) is 37.2. The fraction of sp³-hybridized carbons (Fsp3) is 0.422. The van der Waals surface area contributed by atoms with E-state index in [1.165, 1.54) is 0 Å². The Morgan fingerprint density at radius 3 is 2.13 bits per heavy atom. The van der Waals surface area contributed by atoms with Gasteiger partial charge in [0, 0.05) is 64.2 Å². The minimum atomic E-state index is -1.64. The van der Waals surface area contributed by atoms with Crippen LogP contribution in [0.1, 0.15) is 63.6 Å². The van der Waals surface area contributed by atoms with Gasteiger partial charge in [-0.2, -0.15) is 10.2 Å². The number of H-pyrrole nitrogens is 1. The summed E-state index contributed by atoms with van der Waals surface area (Å²) in [6.45, 7) is 8.70. The van der Waals surface area contributed by atoms with Gasteiger partial charge in [-0.3, -0.25) is 14.3 Å². The van der Waals surface area contributed by atoms with Crippen LogP contribution in [0.5, 0.6) is 11.5 Å². The predicted molar refractivity (Wildman–Crippen MR) is 238 cm³/mol. The van der Waals surface area contributed by atoms with E-state index in [1.807, 2.05) is 87.4 Å². The van der Waals surface area contributed by atoms with Crippen LogP contribution in [-0.4, -0.2) is 112 Å². The number of nitrogens with one attached hydrogen (secondary N) is 1. The van der Waals surface area contributed by atoms with Crippen molar-refractivity contribution >= 4 is 44.3 Å². The number of hydrogen-bond acceptors (Lipinski definition) is 12. The van der Waals surface area contributed by atoms with Crippen LogP contribution >= 0.6 is 8.53 Å². The first-order valence-corrected chi connectivity index (χ1v) is 21.9. The largest absolute Gasteiger partial charge is 0.457 e. The lowest BCUT2D eigenvalue weighted by atomic mass is 9.70. The summed E-state index contributed by atoms with van der Waals surface area (Å²) in [6.07, 6.45) is 3.37. The van der Waals surface area contributed by atoms with E-state index in [-0.39, 0.29) is 54.8 Å². The molecule has 9 rings (SSSR count). The standard InChI is InChI=1S/C45H53N10O6P/c1-30(2)55(31(3)4)62(57-24-16-23-46)58-25-37-43(61-45(32-17-10-9-11-18-32)33-19-12-14-21-35(33)59-36-22-15-13-20-34(36)45)26-44(27-43,60-37)54-39-38(49-42(54)48-29-53(7)8)40(56)51-41(50-39)47-28-52(5)6/h9-15,17-22,28-31,37H,16,24-27H2,1-8H3,(H,50,51,56)/t37-,43?,44?,62?/m1/s1. The highest BCUT2D eigenvalue weighted by Crippen LogP contribution is 2.66. The van der Waals surface area contributed by atoms with Crippen molar-refractivity contribution in [1.82, 2.24) is 34.0 Å². The molecule has 4 aliphatic rings. The van der Waals surface area contributed by atoms with Gasteiger partial charge in [-0.05, 0) is 45.4 Å². The number of aliphatic imine (C=N–C) groups is 2. The first-order chi connectivity index (χ1) is 29.8. The molecule has 0 spiro atoms. The topological polar surface area (TPSA) is 168 Å². The molecule has 16 nitrogen and oxygen atoms in total. The third-order valence-electron chi connectivity index (χ3n) is 11.1. The normalized spacial score (nSPS) is 21.6. The maximum Gasteiger partial charge on any atom is 0.280 e. The molecule has 2 atom stereocenters. The second-order valence-electron chi connectivity index (χ2n) is 16.8. The Morgan fingerprint density at radius 2 is 1.52 bits per heavy atom. The molecule has 5 heterocycles. The van der Waals surface area contributed by atoms with Crippen LogP contribution in [0, 0.1) is 11.3 Å². The van der Waals surface area contributed by atoms with E-state index < -0.39 is 37.1 Å². The summed E-state index contributed by atoms with van der Waals surface area (Å²) in [5.74, 6) is 1.70. The van der Waals surface area contributed by atoms with Crippen LogP contribution in [0.4, 0.5) is 11.9 Å². The number of nitriles is 1. The number of imidazole rings is 1. The Bertz CT molecular complexity index is 2510. The second-order valence-corrected chi connectivity index (χ2v) is 18.2. The minimum Gasteiger partial charge on any atom is -0.457 e. The molecule has 3 aromatic carbocycles. The Morgan fingerprint density at radius 1 is 0.903 bits per heavy atom. The van der Waals surface area contributed by atoms with Crippen LogP contribution in [0.3, 0.4) is 0 Å². The zero-order chi connectivity index (χ0) is 43.8. The highest BCUT2D eigenvalue weighted by atomic mass is 31.2. The Balaban J connectivity index is 1.31. The summed E-state index contributed by atoms with van der Waals surface area (Å²) in [6, 6.07) is 28.5. The van der Waals surface area contributed by atoms with Crippen LogP contribution in [0.25, 0.3) is 11.2 Å². The summed E-state index contributed by atoms with van der Waals surface area (Å²) < 4.78 is 39.1. The predicted octanol–water partition coefficient (Wildman–Crippen LogP) is 7.55. The third-order valence-corrected chi connectivity index (χ3v) is 13.2.